The van der Waals surface area contributed by atoms with Gasteiger partial charge in [-0.2, -0.15) is 13.2 Å². The molecule has 0 unspecified atom stereocenters. The number of hydrogen-bond acceptors (Lipinski definition) is 4. The lowest BCUT2D eigenvalue weighted by Gasteiger charge is -2.34. The average molecular weight is 443 g/mol. The zero-order chi connectivity index (χ0) is 22.3. The number of halogens is 3. The molecule has 0 radical (unpaired) electrons. The van der Waals surface area contributed by atoms with Gasteiger partial charge in [0.1, 0.15) is 11.5 Å². The molecule has 1 aliphatic heterocycles. The van der Waals surface area contributed by atoms with Gasteiger partial charge in [0.25, 0.3) is 0 Å². The summed E-state index contributed by atoms with van der Waals surface area (Å²) >= 11 is 0. The first-order valence-corrected chi connectivity index (χ1v) is 10.9. The summed E-state index contributed by atoms with van der Waals surface area (Å²) in [4.78, 5) is 26.1. The van der Waals surface area contributed by atoms with Gasteiger partial charge in [-0.25, -0.2) is 9.97 Å². The Labute approximate surface area is 183 Å². The smallest absolute Gasteiger partial charge is 0.368 e. The maximum Gasteiger partial charge on any atom is 0.433 e. The highest BCUT2D eigenvalue weighted by molar-refractivity contribution is 5.78. The molecular formula is C23H24F3N5O. The molecule has 1 saturated heterocycles. The molecular weight excluding hydrogens is 419 g/mol. The quantitative estimate of drug-likeness (QED) is 0.618. The van der Waals surface area contributed by atoms with Crippen LogP contribution in [0.15, 0.2) is 42.6 Å². The second-order valence-electron chi connectivity index (χ2n) is 8.70. The number of nitrogens with zero attached hydrogens (tertiary/aromatic N) is 3. The summed E-state index contributed by atoms with van der Waals surface area (Å²) in [6.07, 6.45) is -0.0680. The van der Waals surface area contributed by atoms with Crippen LogP contribution in [0.2, 0.25) is 0 Å². The van der Waals surface area contributed by atoms with Crippen molar-refractivity contribution in [1.29, 1.82) is 0 Å². The highest BCUT2D eigenvalue weighted by Gasteiger charge is 2.42. The first-order valence-electron chi connectivity index (χ1n) is 10.9. The molecule has 1 aromatic carbocycles. The van der Waals surface area contributed by atoms with Crippen LogP contribution in [0, 0.1) is 5.92 Å². The van der Waals surface area contributed by atoms with Gasteiger partial charge in [0.2, 0.25) is 5.91 Å². The van der Waals surface area contributed by atoms with Crippen molar-refractivity contribution >= 4 is 22.6 Å². The third-order valence-corrected chi connectivity index (χ3v) is 6.32. The van der Waals surface area contributed by atoms with E-state index in [1.54, 1.807) is 0 Å². The van der Waals surface area contributed by atoms with Crippen LogP contribution in [0.1, 0.15) is 43.1 Å². The first-order chi connectivity index (χ1) is 15.4. The van der Waals surface area contributed by atoms with E-state index in [1.807, 2.05) is 29.2 Å². The lowest BCUT2D eigenvalue weighted by molar-refractivity contribution is -0.141. The van der Waals surface area contributed by atoms with E-state index in [4.69, 9.17) is 0 Å². The van der Waals surface area contributed by atoms with Crippen molar-refractivity contribution in [3.8, 4) is 0 Å². The van der Waals surface area contributed by atoms with Gasteiger partial charge in [-0.05, 0) is 49.4 Å². The van der Waals surface area contributed by atoms with Crippen LogP contribution in [0.4, 0.5) is 18.9 Å². The molecule has 2 fully saturated rings. The molecule has 9 heteroatoms. The standard InChI is InChI=1S/C23H24F3N5O/c24-23(25,26)20-8-7-16(12-27-20)31-9-3-4-15(13-31)28-21(32)11-14-10-17(14)22-29-18-5-1-2-6-19(18)30-22/h1-2,5-8,12,14-15,17H,3-4,9-11,13H2,(H,28,32)(H,29,30)/t14-,15+,17+/m0/s1. The summed E-state index contributed by atoms with van der Waals surface area (Å²) in [6, 6.07) is 10.3. The highest BCUT2D eigenvalue weighted by Crippen LogP contribution is 2.48. The number of carbonyl (C=O) groups is 1. The first kappa shape index (κ1) is 20.8. The predicted octanol–water partition coefficient (Wildman–Crippen LogP) is 4.26. The normalized spacial score (nSPS) is 23.3. The fourth-order valence-corrected chi connectivity index (χ4v) is 4.55. The maximum atomic E-state index is 12.7. The molecule has 1 aliphatic carbocycles. The second kappa shape index (κ2) is 8.11. The number of alkyl halides is 3. The number of piperidine rings is 1. The number of anilines is 1. The number of benzene rings is 1. The molecule has 2 aliphatic rings. The highest BCUT2D eigenvalue weighted by atomic mass is 19.4. The molecule has 3 atom stereocenters. The summed E-state index contributed by atoms with van der Waals surface area (Å²) in [7, 11) is 0. The molecule has 2 N–H and O–H groups in total. The molecule has 168 valence electrons. The van der Waals surface area contributed by atoms with Gasteiger partial charge in [-0.3, -0.25) is 4.79 Å². The van der Waals surface area contributed by atoms with Crippen molar-refractivity contribution in [2.24, 2.45) is 5.92 Å². The molecule has 0 bridgehead atoms. The number of rotatable bonds is 5. The van der Waals surface area contributed by atoms with E-state index >= 15 is 0 Å². The fourth-order valence-electron chi connectivity index (χ4n) is 4.55. The van der Waals surface area contributed by atoms with E-state index in [0.717, 1.165) is 48.7 Å². The number of fused-ring (bicyclic) bond motifs is 1. The van der Waals surface area contributed by atoms with Crippen LogP contribution in [-0.4, -0.2) is 40.0 Å². The molecule has 1 amide bonds. The Kier molecular flexibility index (Phi) is 5.27. The Morgan fingerprint density at radius 1 is 1.22 bits per heavy atom. The number of imidazole rings is 1. The van der Waals surface area contributed by atoms with Gasteiger partial charge in [0.15, 0.2) is 0 Å². The Bertz CT molecular complexity index is 1080. The van der Waals surface area contributed by atoms with Crippen LogP contribution in [-0.2, 0) is 11.0 Å². The van der Waals surface area contributed by atoms with Crippen molar-refractivity contribution in [3.63, 3.8) is 0 Å². The van der Waals surface area contributed by atoms with Crippen molar-refractivity contribution in [2.45, 2.75) is 43.8 Å². The summed E-state index contributed by atoms with van der Waals surface area (Å²) in [5.74, 6) is 1.54. The van der Waals surface area contributed by atoms with Gasteiger partial charge < -0.3 is 15.2 Å². The van der Waals surface area contributed by atoms with Crippen molar-refractivity contribution < 1.29 is 18.0 Å². The van der Waals surface area contributed by atoms with E-state index in [2.05, 4.69) is 20.3 Å². The molecule has 2 aromatic heterocycles. The van der Waals surface area contributed by atoms with Gasteiger partial charge in [0, 0.05) is 31.5 Å². The van der Waals surface area contributed by atoms with Crippen LogP contribution < -0.4 is 10.2 Å². The van der Waals surface area contributed by atoms with Crippen LogP contribution >= 0.6 is 0 Å². The average Bonchev–Trinajstić information content (AvgIpc) is 3.39. The lowest BCUT2D eigenvalue weighted by atomic mass is 10.0. The molecule has 3 heterocycles. The summed E-state index contributed by atoms with van der Waals surface area (Å²) in [5.41, 5.74) is 1.70. The van der Waals surface area contributed by atoms with E-state index in [9.17, 15) is 18.0 Å². The van der Waals surface area contributed by atoms with Crippen molar-refractivity contribution in [3.05, 3.63) is 54.1 Å². The van der Waals surface area contributed by atoms with Crippen LogP contribution in [0.3, 0.4) is 0 Å². The molecule has 1 saturated carbocycles. The Morgan fingerprint density at radius 2 is 2.06 bits per heavy atom. The molecule has 5 rings (SSSR count). The molecule has 3 aromatic rings. The third kappa shape index (κ3) is 4.42. The number of H-pyrrole nitrogens is 1. The monoisotopic (exact) mass is 443 g/mol. The van der Waals surface area contributed by atoms with Crippen LogP contribution in [0.25, 0.3) is 11.0 Å². The van der Waals surface area contributed by atoms with Gasteiger partial charge in [-0.15, -0.1) is 0 Å². The number of nitrogens with one attached hydrogen (secondary N) is 2. The Morgan fingerprint density at radius 3 is 2.81 bits per heavy atom. The second-order valence-corrected chi connectivity index (χ2v) is 8.70. The summed E-state index contributed by atoms with van der Waals surface area (Å²) < 4.78 is 38.2. The number of para-hydroxylation sites is 2. The van der Waals surface area contributed by atoms with Gasteiger partial charge >= 0.3 is 6.18 Å². The minimum atomic E-state index is -4.44. The number of carbonyl (C=O) groups excluding carboxylic acids is 1. The van der Waals surface area contributed by atoms with E-state index in [-0.39, 0.29) is 23.8 Å². The Hall–Kier alpha value is -3.10. The van der Waals surface area contributed by atoms with Crippen molar-refractivity contribution in [1.82, 2.24) is 20.3 Å². The SMILES string of the molecule is O=C(C[C@@H]1C[C@H]1c1nc2ccccc2[nH]1)N[C@@H]1CCCN(c2ccc(C(F)(F)F)nc2)C1. The number of hydrogen-bond donors (Lipinski definition) is 2. The number of aromatic nitrogens is 3. The lowest BCUT2D eigenvalue weighted by Crippen LogP contribution is -2.48. The minimum Gasteiger partial charge on any atom is -0.368 e. The van der Waals surface area contributed by atoms with E-state index in [0.29, 0.717) is 18.7 Å². The third-order valence-electron chi connectivity index (χ3n) is 6.32. The molecule has 6 nitrogen and oxygen atoms in total. The zero-order valence-electron chi connectivity index (χ0n) is 17.4. The van der Waals surface area contributed by atoms with Gasteiger partial charge in [0.05, 0.1) is 22.9 Å². The minimum absolute atomic E-state index is 0.0194. The number of amides is 1. The molecule has 32 heavy (non-hydrogen) atoms. The molecule has 0 spiro atoms. The summed E-state index contributed by atoms with van der Waals surface area (Å²) in [5, 5.41) is 3.11. The zero-order valence-corrected chi connectivity index (χ0v) is 17.4. The number of pyridine rings is 1. The van der Waals surface area contributed by atoms with Crippen LogP contribution in [0.5, 0.6) is 0 Å². The maximum absolute atomic E-state index is 12.7. The van der Waals surface area contributed by atoms with Crippen molar-refractivity contribution in [2.75, 3.05) is 18.0 Å². The largest absolute Gasteiger partial charge is 0.433 e. The van der Waals surface area contributed by atoms with E-state index in [1.165, 1.54) is 12.3 Å². The van der Waals surface area contributed by atoms with Gasteiger partial charge in [-0.1, -0.05) is 12.1 Å². The van der Waals surface area contributed by atoms with E-state index < -0.39 is 11.9 Å². The fraction of sp³-hybridized carbons (Fsp3) is 0.435. The summed E-state index contributed by atoms with van der Waals surface area (Å²) in [6.45, 7) is 1.30. The topological polar surface area (TPSA) is 73.9 Å². The number of aromatic amines is 1. The Balaban J connectivity index is 1.14. The predicted molar refractivity (Wildman–Crippen MR) is 114 cm³/mol.